The van der Waals surface area contributed by atoms with Crippen LogP contribution in [-0.4, -0.2) is 42.4 Å². The summed E-state index contributed by atoms with van der Waals surface area (Å²) in [6.07, 6.45) is 2.48. The maximum atomic E-state index is 11.1. The van der Waals surface area contributed by atoms with E-state index in [1.165, 1.54) is 0 Å². The fourth-order valence-corrected chi connectivity index (χ4v) is 2.49. The summed E-state index contributed by atoms with van der Waals surface area (Å²) < 4.78 is 0. The molecule has 0 aromatic heterocycles. The standard InChI is InChI=1S/C10H17N3O2/c11-10(15)8-2-1-3-13(8)6-7-4-9(14)12-5-7/h7-8H,1-6H2,(H2,11,15)(H,12,14)/t7-,8+/m1/s1. The second-order valence-electron chi connectivity index (χ2n) is 4.43. The molecule has 0 radical (unpaired) electrons. The number of nitrogens with two attached hydrogens (primary N) is 1. The minimum absolute atomic E-state index is 0.110. The minimum atomic E-state index is -0.232. The summed E-state index contributed by atoms with van der Waals surface area (Å²) in [6.45, 7) is 2.48. The lowest BCUT2D eigenvalue weighted by molar-refractivity contribution is -0.122. The first-order valence-electron chi connectivity index (χ1n) is 5.47. The number of carbonyl (C=O) groups is 2. The van der Waals surface area contributed by atoms with Gasteiger partial charge in [0.15, 0.2) is 0 Å². The summed E-state index contributed by atoms with van der Waals surface area (Å²) in [5.41, 5.74) is 5.33. The van der Waals surface area contributed by atoms with E-state index in [0.717, 1.165) is 32.5 Å². The van der Waals surface area contributed by atoms with E-state index in [0.29, 0.717) is 12.3 Å². The van der Waals surface area contributed by atoms with E-state index in [1.807, 2.05) is 0 Å². The second kappa shape index (κ2) is 4.18. The molecule has 2 fully saturated rings. The molecule has 2 aliphatic rings. The molecule has 2 rings (SSSR count). The first-order valence-corrected chi connectivity index (χ1v) is 5.47. The highest BCUT2D eigenvalue weighted by Gasteiger charge is 2.32. The Morgan fingerprint density at radius 3 is 3.00 bits per heavy atom. The van der Waals surface area contributed by atoms with Crippen molar-refractivity contribution in [3.63, 3.8) is 0 Å². The number of hydrogen-bond donors (Lipinski definition) is 2. The van der Waals surface area contributed by atoms with Gasteiger partial charge in [-0.05, 0) is 25.3 Å². The molecule has 0 aliphatic carbocycles. The fraction of sp³-hybridized carbons (Fsp3) is 0.800. The van der Waals surface area contributed by atoms with Gasteiger partial charge in [-0.15, -0.1) is 0 Å². The van der Waals surface area contributed by atoms with Crippen LogP contribution < -0.4 is 11.1 Å². The van der Waals surface area contributed by atoms with Crippen molar-refractivity contribution in [1.29, 1.82) is 0 Å². The van der Waals surface area contributed by atoms with Gasteiger partial charge in [0.2, 0.25) is 11.8 Å². The van der Waals surface area contributed by atoms with Gasteiger partial charge >= 0.3 is 0 Å². The first-order chi connectivity index (χ1) is 7.16. The van der Waals surface area contributed by atoms with Gasteiger partial charge in [0.05, 0.1) is 6.04 Å². The highest BCUT2D eigenvalue weighted by atomic mass is 16.2. The number of primary amides is 1. The highest BCUT2D eigenvalue weighted by Crippen LogP contribution is 2.20. The van der Waals surface area contributed by atoms with Crippen molar-refractivity contribution in [1.82, 2.24) is 10.2 Å². The molecular formula is C10H17N3O2. The van der Waals surface area contributed by atoms with Gasteiger partial charge < -0.3 is 11.1 Å². The van der Waals surface area contributed by atoms with Gasteiger partial charge in [0.25, 0.3) is 0 Å². The van der Waals surface area contributed by atoms with Crippen LogP contribution in [0.25, 0.3) is 0 Å². The summed E-state index contributed by atoms with van der Waals surface area (Å²) in [5.74, 6) is 0.233. The molecule has 15 heavy (non-hydrogen) atoms. The van der Waals surface area contributed by atoms with Crippen LogP contribution in [0.4, 0.5) is 0 Å². The minimum Gasteiger partial charge on any atom is -0.368 e. The zero-order chi connectivity index (χ0) is 10.8. The zero-order valence-electron chi connectivity index (χ0n) is 8.74. The van der Waals surface area contributed by atoms with E-state index in [2.05, 4.69) is 10.2 Å². The lowest BCUT2D eigenvalue weighted by Gasteiger charge is -2.24. The molecule has 5 heteroatoms. The first kappa shape index (κ1) is 10.4. The Kier molecular flexibility index (Phi) is 2.90. The lowest BCUT2D eigenvalue weighted by atomic mass is 10.1. The second-order valence-corrected chi connectivity index (χ2v) is 4.43. The van der Waals surface area contributed by atoms with Crippen molar-refractivity contribution in [2.75, 3.05) is 19.6 Å². The molecule has 0 unspecified atom stereocenters. The number of amides is 2. The maximum Gasteiger partial charge on any atom is 0.234 e. The molecule has 0 bridgehead atoms. The number of nitrogens with zero attached hydrogens (tertiary/aromatic N) is 1. The Labute approximate surface area is 89.0 Å². The Morgan fingerprint density at radius 2 is 2.40 bits per heavy atom. The van der Waals surface area contributed by atoms with Gasteiger partial charge in [-0.3, -0.25) is 14.5 Å². The van der Waals surface area contributed by atoms with Crippen LogP contribution >= 0.6 is 0 Å². The van der Waals surface area contributed by atoms with Gasteiger partial charge in [0.1, 0.15) is 0 Å². The summed E-state index contributed by atoms with van der Waals surface area (Å²) in [6, 6.07) is -0.110. The van der Waals surface area contributed by atoms with Gasteiger partial charge in [0, 0.05) is 19.5 Å². The monoisotopic (exact) mass is 211 g/mol. The van der Waals surface area contributed by atoms with Gasteiger partial charge in [-0.25, -0.2) is 0 Å². The molecule has 0 spiro atoms. The number of nitrogens with one attached hydrogen (secondary N) is 1. The van der Waals surface area contributed by atoms with Crippen molar-refractivity contribution < 1.29 is 9.59 Å². The van der Waals surface area contributed by atoms with Crippen LogP contribution in [0.15, 0.2) is 0 Å². The Bertz CT molecular complexity index is 280. The van der Waals surface area contributed by atoms with Crippen molar-refractivity contribution in [2.45, 2.75) is 25.3 Å². The van der Waals surface area contributed by atoms with Crippen molar-refractivity contribution in [2.24, 2.45) is 11.7 Å². The van der Waals surface area contributed by atoms with Crippen molar-refractivity contribution in [3.8, 4) is 0 Å². The van der Waals surface area contributed by atoms with Crippen LogP contribution in [0.3, 0.4) is 0 Å². The van der Waals surface area contributed by atoms with Crippen molar-refractivity contribution in [3.05, 3.63) is 0 Å². The number of likely N-dealkylation sites (tertiary alicyclic amines) is 1. The number of rotatable bonds is 3. The SMILES string of the molecule is NC(=O)[C@@H]1CCCN1C[C@H]1CNC(=O)C1. The summed E-state index contributed by atoms with van der Waals surface area (Å²) >= 11 is 0. The number of carbonyl (C=O) groups excluding carboxylic acids is 2. The smallest absolute Gasteiger partial charge is 0.234 e. The van der Waals surface area contributed by atoms with E-state index < -0.39 is 0 Å². The third-order valence-electron chi connectivity index (χ3n) is 3.25. The lowest BCUT2D eigenvalue weighted by Crippen LogP contribution is -2.42. The van der Waals surface area contributed by atoms with Gasteiger partial charge in [-0.1, -0.05) is 0 Å². The Hall–Kier alpha value is -1.10. The molecule has 0 aromatic carbocycles. The predicted molar refractivity (Wildman–Crippen MR) is 54.9 cm³/mol. The molecular weight excluding hydrogens is 194 g/mol. The largest absolute Gasteiger partial charge is 0.368 e. The zero-order valence-corrected chi connectivity index (χ0v) is 8.74. The Morgan fingerprint density at radius 1 is 1.60 bits per heavy atom. The molecule has 2 saturated heterocycles. The summed E-state index contributed by atoms with van der Waals surface area (Å²) in [7, 11) is 0. The van der Waals surface area contributed by atoms with E-state index in [9.17, 15) is 9.59 Å². The molecule has 3 N–H and O–H groups in total. The van der Waals surface area contributed by atoms with E-state index in [1.54, 1.807) is 0 Å². The summed E-state index contributed by atoms with van der Waals surface area (Å²) in [4.78, 5) is 24.3. The van der Waals surface area contributed by atoms with E-state index in [4.69, 9.17) is 5.73 Å². The van der Waals surface area contributed by atoms with Crippen LogP contribution in [0.1, 0.15) is 19.3 Å². The topological polar surface area (TPSA) is 75.4 Å². The molecule has 2 atom stereocenters. The van der Waals surface area contributed by atoms with E-state index >= 15 is 0 Å². The molecule has 2 aliphatic heterocycles. The van der Waals surface area contributed by atoms with Crippen LogP contribution in [0, 0.1) is 5.92 Å². The molecule has 0 aromatic rings. The predicted octanol–water partition coefficient (Wildman–Crippen LogP) is -0.928. The van der Waals surface area contributed by atoms with Crippen molar-refractivity contribution >= 4 is 11.8 Å². The summed E-state index contributed by atoms with van der Waals surface area (Å²) in [5, 5.41) is 2.81. The number of hydrogen-bond acceptors (Lipinski definition) is 3. The molecule has 0 saturated carbocycles. The average molecular weight is 211 g/mol. The van der Waals surface area contributed by atoms with Crippen LogP contribution in [0.2, 0.25) is 0 Å². The van der Waals surface area contributed by atoms with Gasteiger partial charge in [-0.2, -0.15) is 0 Å². The average Bonchev–Trinajstić information content (AvgIpc) is 2.75. The molecule has 2 amide bonds. The van der Waals surface area contributed by atoms with E-state index in [-0.39, 0.29) is 17.9 Å². The molecule has 2 heterocycles. The Balaban J connectivity index is 1.88. The highest BCUT2D eigenvalue weighted by molar-refractivity contribution is 5.80. The maximum absolute atomic E-state index is 11.1. The van der Waals surface area contributed by atoms with Crippen LogP contribution in [0.5, 0.6) is 0 Å². The fourth-order valence-electron chi connectivity index (χ4n) is 2.49. The normalized spacial score (nSPS) is 31.9. The molecule has 84 valence electrons. The quantitative estimate of drug-likeness (QED) is 0.633. The molecule has 5 nitrogen and oxygen atoms in total. The van der Waals surface area contributed by atoms with Crippen LogP contribution in [-0.2, 0) is 9.59 Å². The third kappa shape index (κ3) is 2.28. The third-order valence-corrected chi connectivity index (χ3v) is 3.25.